The van der Waals surface area contributed by atoms with Gasteiger partial charge in [-0.05, 0) is 24.0 Å². The molecular weight excluding hydrogens is 416 g/mol. The van der Waals surface area contributed by atoms with Gasteiger partial charge in [-0.2, -0.15) is 0 Å². The lowest BCUT2D eigenvalue weighted by molar-refractivity contribution is -0.141. The molecule has 0 aliphatic rings. The second-order valence-electron chi connectivity index (χ2n) is 7.16. The summed E-state index contributed by atoms with van der Waals surface area (Å²) in [5, 5.41) is 23.3. The summed E-state index contributed by atoms with van der Waals surface area (Å²) < 4.78 is 5.09. The van der Waals surface area contributed by atoms with Gasteiger partial charge in [-0.15, -0.1) is 0 Å². The third kappa shape index (κ3) is 8.86. The summed E-state index contributed by atoms with van der Waals surface area (Å²) in [6.45, 7) is -0.189. The Bertz CT molecular complexity index is 903. The molecule has 0 spiro atoms. The van der Waals surface area contributed by atoms with Gasteiger partial charge in [0.05, 0.1) is 5.92 Å². The van der Waals surface area contributed by atoms with Crippen LogP contribution in [0.15, 0.2) is 60.7 Å². The summed E-state index contributed by atoms with van der Waals surface area (Å²) in [5.41, 5.74) is 1.55. The highest BCUT2D eigenvalue weighted by Gasteiger charge is 2.25. The molecule has 0 bridgehead atoms. The Labute approximate surface area is 185 Å². The number of carboxylic acid groups (broad SMARTS) is 2. The molecule has 2 aromatic carbocycles. The number of aliphatic carboxylic acids is 2. The highest BCUT2D eigenvalue weighted by Crippen LogP contribution is 2.09. The van der Waals surface area contributed by atoms with E-state index in [1.165, 1.54) is 0 Å². The zero-order valence-electron chi connectivity index (χ0n) is 17.4. The summed E-state index contributed by atoms with van der Waals surface area (Å²) in [5.74, 6) is -3.77. The van der Waals surface area contributed by atoms with Gasteiger partial charge in [0, 0.05) is 13.0 Å². The van der Waals surface area contributed by atoms with Crippen LogP contribution in [0.25, 0.3) is 0 Å². The van der Waals surface area contributed by atoms with Crippen LogP contribution < -0.4 is 10.6 Å². The standard InChI is InChI=1S/C23H26N2O7/c26-20(27)12-11-19(25-23(31)32-15-17-9-5-2-6-10-17)21(28)24-14-18(22(29)30)13-16-7-3-1-4-8-16/h1-10,18-19H,11-15H2,(H,24,28)(H,25,31)(H,26,27)(H,29,30)/t18-,19+/m1/s1. The molecule has 2 rings (SSSR count). The first-order valence-corrected chi connectivity index (χ1v) is 10.1. The summed E-state index contributed by atoms with van der Waals surface area (Å²) in [6.07, 6.45) is -1.19. The minimum Gasteiger partial charge on any atom is -0.481 e. The van der Waals surface area contributed by atoms with Crippen molar-refractivity contribution in [2.75, 3.05) is 6.54 Å². The number of benzene rings is 2. The highest BCUT2D eigenvalue weighted by molar-refractivity contribution is 5.86. The molecule has 0 saturated carbocycles. The topological polar surface area (TPSA) is 142 Å². The molecule has 2 amide bonds. The predicted molar refractivity (Wildman–Crippen MR) is 115 cm³/mol. The zero-order chi connectivity index (χ0) is 23.3. The monoisotopic (exact) mass is 442 g/mol. The average Bonchev–Trinajstić information content (AvgIpc) is 2.78. The normalized spacial score (nSPS) is 12.2. The van der Waals surface area contributed by atoms with Gasteiger partial charge < -0.3 is 25.6 Å². The van der Waals surface area contributed by atoms with E-state index in [0.29, 0.717) is 0 Å². The molecule has 9 nitrogen and oxygen atoms in total. The van der Waals surface area contributed by atoms with Gasteiger partial charge in [-0.25, -0.2) is 4.79 Å². The highest BCUT2D eigenvalue weighted by atomic mass is 16.5. The van der Waals surface area contributed by atoms with Crippen molar-refractivity contribution in [3.8, 4) is 0 Å². The lowest BCUT2D eigenvalue weighted by atomic mass is 9.99. The second kappa shape index (κ2) is 12.7. The first kappa shape index (κ1) is 24.4. The number of rotatable bonds is 12. The minimum atomic E-state index is -1.18. The maximum atomic E-state index is 12.6. The largest absolute Gasteiger partial charge is 0.481 e. The zero-order valence-corrected chi connectivity index (χ0v) is 17.4. The summed E-state index contributed by atoms with van der Waals surface area (Å²) in [7, 11) is 0. The molecule has 0 aliphatic heterocycles. The van der Waals surface area contributed by atoms with Crippen molar-refractivity contribution in [1.29, 1.82) is 0 Å². The van der Waals surface area contributed by atoms with E-state index in [1.54, 1.807) is 48.5 Å². The third-order valence-corrected chi connectivity index (χ3v) is 4.67. The van der Waals surface area contributed by atoms with Crippen LogP contribution in [0, 0.1) is 5.92 Å². The van der Waals surface area contributed by atoms with Crippen molar-refractivity contribution < 1.29 is 34.1 Å². The van der Waals surface area contributed by atoms with Crippen molar-refractivity contribution in [2.45, 2.75) is 31.9 Å². The molecule has 0 aromatic heterocycles. The first-order valence-electron chi connectivity index (χ1n) is 10.1. The van der Waals surface area contributed by atoms with Crippen molar-refractivity contribution in [1.82, 2.24) is 10.6 Å². The number of carbonyl (C=O) groups excluding carboxylic acids is 2. The van der Waals surface area contributed by atoms with E-state index in [4.69, 9.17) is 9.84 Å². The number of alkyl carbamates (subject to hydrolysis) is 1. The Kier molecular flexibility index (Phi) is 9.70. The van der Waals surface area contributed by atoms with Crippen molar-refractivity contribution >= 4 is 23.9 Å². The fourth-order valence-electron chi connectivity index (χ4n) is 2.94. The van der Waals surface area contributed by atoms with Crippen LogP contribution in [0.2, 0.25) is 0 Å². The van der Waals surface area contributed by atoms with Crippen LogP contribution in [-0.4, -0.2) is 46.7 Å². The Balaban J connectivity index is 1.93. The van der Waals surface area contributed by atoms with Gasteiger partial charge >= 0.3 is 18.0 Å². The Morgan fingerprint density at radius 3 is 2.03 bits per heavy atom. The molecule has 2 atom stereocenters. The number of ether oxygens (including phenoxy) is 1. The van der Waals surface area contributed by atoms with E-state index in [1.807, 2.05) is 12.1 Å². The molecule has 0 heterocycles. The molecule has 0 unspecified atom stereocenters. The number of hydrogen-bond acceptors (Lipinski definition) is 5. The lowest BCUT2D eigenvalue weighted by Gasteiger charge is -2.19. The number of nitrogens with one attached hydrogen (secondary N) is 2. The maximum absolute atomic E-state index is 12.6. The molecule has 2 aromatic rings. The first-order chi connectivity index (χ1) is 15.3. The Morgan fingerprint density at radius 2 is 1.47 bits per heavy atom. The van der Waals surface area contributed by atoms with E-state index >= 15 is 0 Å². The quantitative estimate of drug-likeness (QED) is 0.395. The molecule has 0 radical (unpaired) electrons. The van der Waals surface area contributed by atoms with Gasteiger partial charge in [0.25, 0.3) is 0 Å². The fraction of sp³-hybridized carbons (Fsp3) is 0.304. The van der Waals surface area contributed by atoms with Crippen LogP contribution >= 0.6 is 0 Å². The van der Waals surface area contributed by atoms with Gasteiger partial charge in [-0.3, -0.25) is 14.4 Å². The second-order valence-corrected chi connectivity index (χ2v) is 7.16. The van der Waals surface area contributed by atoms with E-state index in [2.05, 4.69) is 10.6 Å². The Hall–Kier alpha value is -3.88. The lowest BCUT2D eigenvalue weighted by Crippen LogP contribution is -2.48. The molecule has 32 heavy (non-hydrogen) atoms. The molecule has 170 valence electrons. The number of hydrogen-bond donors (Lipinski definition) is 4. The van der Waals surface area contributed by atoms with Crippen molar-refractivity contribution in [3.63, 3.8) is 0 Å². The molecular formula is C23H26N2O7. The summed E-state index contributed by atoms with van der Waals surface area (Å²) >= 11 is 0. The van der Waals surface area contributed by atoms with Gasteiger partial charge in [-0.1, -0.05) is 60.7 Å². The van der Waals surface area contributed by atoms with Crippen LogP contribution in [0.5, 0.6) is 0 Å². The molecule has 4 N–H and O–H groups in total. The SMILES string of the molecule is O=C(O)CC[C@H](NC(=O)OCc1ccccc1)C(=O)NC[C@@H](Cc1ccccc1)C(=O)O. The summed E-state index contributed by atoms with van der Waals surface area (Å²) in [4.78, 5) is 47.2. The van der Waals surface area contributed by atoms with Gasteiger partial charge in [0.1, 0.15) is 12.6 Å². The molecule has 0 aliphatic carbocycles. The van der Waals surface area contributed by atoms with E-state index in [0.717, 1.165) is 11.1 Å². The van der Waals surface area contributed by atoms with E-state index in [-0.39, 0.29) is 32.4 Å². The van der Waals surface area contributed by atoms with Crippen molar-refractivity contribution in [3.05, 3.63) is 71.8 Å². The minimum absolute atomic E-state index is 0.0158. The maximum Gasteiger partial charge on any atom is 0.408 e. The fourth-order valence-corrected chi connectivity index (χ4v) is 2.94. The average molecular weight is 442 g/mol. The molecule has 0 fully saturated rings. The third-order valence-electron chi connectivity index (χ3n) is 4.67. The Morgan fingerprint density at radius 1 is 0.875 bits per heavy atom. The van der Waals surface area contributed by atoms with Crippen LogP contribution in [-0.2, 0) is 32.1 Å². The van der Waals surface area contributed by atoms with Crippen LogP contribution in [0.1, 0.15) is 24.0 Å². The van der Waals surface area contributed by atoms with E-state index < -0.39 is 35.9 Å². The molecule has 0 saturated heterocycles. The molecule has 9 heteroatoms. The predicted octanol–water partition coefficient (Wildman–Crippen LogP) is 2.21. The van der Waals surface area contributed by atoms with Gasteiger partial charge in [0.15, 0.2) is 0 Å². The smallest absolute Gasteiger partial charge is 0.408 e. The number of carbonyl (C=O) groups is 4. The summed E-state index contributed by atoms with van der Waals surface area (Å²) in [6, 6.07) is 16.7. The number of carboxylic acids is 2. The van der Waals surface area contributed by atoms with Crippen LogP contribution in [0.3, 0.4) is 0 Å². The van der Waals surface area contributed by atoms with Crippen LogP contribution in [0.4, 0.5) is 4.79 Å². The van der Waals surface area contributed by atoms with Gasteiger partial charge in [0.2, 0.25) is 5.91 Å². The van der Waals surface area contributed by atoms with E-state index in [9.17, 15) is 24.3 Å². The number of amides is 2. The van der Waals surface area contributed by atoms with Crippen molar-refractivity contribution in [2.24, 2.45) is 5.92 Å².